The van der Waals surface area contributed by atoms with Gasteiger partial charge in [-0.05, 0) is 31.5 Å². The largest absolute Gasteiger partial charge is 0.335 e. The zero-order chi connectivity index (χ0) is 12.1. The molecule has 1 aromatic carbocycles. The number of rotatable bonds is 4. The molecule has 0 unspecified atom stereocenters. The zero-order valence-corrected chi connectivity index (χ0v) is 11.3. The van der Waals surface area contributed by atoms with Gasteiger partial charge in [-0.25, -0.2) is 0 Å². The fourth-order valence-corrected chi connectivity index (χ4v) is 1.89. The van der Waals surface area contributed by atoms with Crippen molar-refractivity contribution in [3.05, 3.63) is 46.5 Å². The number of benzene rings is 1. The Morgan fingerprint density at radius 2 is 2.25 bits per heavy atom. The summed E-state index contributed by atoms with van der Waals surface area (Å²) in [4.78, 5) is 14.0. The molecule has 1 amide bonds. The summed E-state index contributed by atoms with van der Waals surface area (Å²) in [5.41, 5.74) is 1.73. The summed E-state index contributed by atoms with van der Waals surface area (Å²) in [5, 5.41) is 0. The number of nitrogens with zero attached hydrogens (tertiary/aromatic N) is 1. The first-order valence-corrected chi connectivity index (χ1v) is 6.06. The maximum atomic E-state index is 12.2. The molecule has 0 heterocycles. The third kappa shape index (κ3) is 2.73. The van der Waals surface area contributed by atoms with E-state index in [9.17, 15) is 4.79 Å². The molecule has 0 fully saturated rings. The molecule has 86 valence electrons. The van der Waals surface area contributed by atoms with E-state index in [1.165, 1.54) is 0 Å². The first-order chi connectivity index (χ1) is 7.61. The van der Waals surface area contributed by atoms with Gasteiger partial charge in [-0.3, -0.25) is 4.79 Å². The molecule has 0 atom stereocenters. The summed E-state index contributed by atoms with van der Waals surface area (Å²) >= 11 is 3.43. The monoisotopic (exact) mass is 281 g/mol. The van der Waals surface area contributed by atoms with Crippen molar-refractivity contribution in [1.29, 1.82) is 0 Å². The minimum atomic E-state index is 0.0567. The highest BCUT2D eigenvalue weighted by atomic mass is 79.9. The van der Waals surface area contributed by atoms with Crippen LogP contribution in [0.4, 0.5) is 0 Å². The van der Waals surface area contributed by atoms with Crippen molar-refractivity contribution >= 4 is 21.8 Å². The summed E-state index contributed by atoms with van der Waals surface area (Å²) in [5.74, 6) is 0.0567. The number of carbonyl (C=O) groups is 1. The van der Waals surface area contributed by atoms with Gasteiger partial charge in [0.05, 0.1) is 0 Å². The minimum absolute atomic E-state index is 0.0567. The van der Waals surface area contributed by atoms with Gasteiger partial charge in [-0.15, -0.1) is 6.58 Å². The average molecular weight is 282 g/mol. The van der Waals surface area contributed by atoms with Gasteiger partial charge in [-0.1, -0.05) is 28.1 Å². The Kier molecular flexibility index (Phi) is 4.74. The van der Waals surface area contributed by atoms with Crippen LogP contribution in [0.3, 0.4) is 0 Å². The van der Waals surface area contributed by atoms with Crippen LogP contribution >= 0.6 is 15.9 Å². The van der Waals surface area contributed by atoms with Crippen LogP contribution in [0.5, 0.6) is 0 Å². The van der Waals surface area contributed by atoms with Crippen molar-refractivity contribution < 1.29 is 4.79 Å². The number of halogens is 1. The molecule has 0 aliphatic heterocycles. The van der Waals surface area contributed by atoms with Crippen LogP contribution in [0.2, 0.25) is 0 Å². The van der Waals surface area contributed by atoms with Crippen molar-refractivity contribution in [1.82, 2.24) is 4.90 Å². The molecular weight excluding hydrogens is 266 g/mol. The standard InChI is InChI=1S/C13H16BrNO/c1-4-9-15(5-2)13(16)11-7-6-8-12(14)10(11)3/h4,6-8H,1,5,9H2,2-3H3. The fraction of sp³-hybridized carbons (Fsp3) is 0.308. The lowest BCUT2D eigenvalue weighted by Gasteiger charge is -2.20. The highest BCUT2D eigenvalue weighted by molar-refractivity contribution is 9.10. The third-order valence-corrected chi connectivity index (χ3v) is 3.38. The normalized spacial score (nSPS) is 9.94. The second-order valence-corrected chi connectivity index (χ2v) is 4.40. The molecule has 0 saturated heterocycles. The van der Waals surface area contributed by atoms with Crippen LogP contribution in [-0.2, 0) is 0 Å². The van der Waals surface area contributed by atoms with E-state index in [2.05, 4.69) is 22.5 Å². The molecule has 16 heavy (non-hydrogen) atoms. The van der Waals surface area contributed by atoms with Crippen LogP contribution < -0.4 is 0 Å². The molecular formula is C13H16BrNO. The molecule has 0 spiro atoms. The lowest BCUT2D eigenvalue weighted by Crippen LogP contribution is -2.31. The summed E-state index contributed by atoms with van der Waals surface area (Å²) in [6.07, 6.45) is 1.74. The van der Waals surface area contributed by atoms with Crippen molar-refractivity contribution in [2.24, 2.45) is 0 Å². The van der Waals surface area contributed by atoms with Crippen molar-refractivity contribution in [2.45, 2.75) is 13.8 Å². The topological polar surface area (TPSA) is 20.3 Å². The fourth-order valence-electron chi connectivity index (χ4n) is 1.52. The number of hydrogen-bond donors (Lipinski definition) is 0. The van der Waals surface area contributed by atoms with E-state index in [1.54, 1.807) is 11.0 Å². The third-order valence-electron chi connectivity index (χ3n) is 2.52. The van der Waals surface area contributed by atoms with Crippen molar-refractivity contribution in [3.63, 3.8) is 0 Å². The molecule has 0 saturated carbocycles. The number of carbonyl (C=O) groups excluding carboxylic acids is 1. The van der Waals surface area contributed by atoms with Gasteiger partial charge >= 0.3 is 0 Å². The van der Waals surface area contributed by atoms with E-state index in [4.69, 9.17) is 0 Å². The van der Waals surface area contributed by atoms with Gasteiger partial charge in [0.15, 0.2) is 0 Å². The van der Waals surface area contributed by atoms with Crippen molar-refractivity contribution in [3.8, 4) is 0 Å². The van der Waals surface area contributed by atoms with Crippen LogP contribution in [0.1, 0.15) is 22.8 Å². The number of hydrogen-bond acceptors (Lipinski definition) is 1. The Hall–Kier alpha value is -1.09. The molecule has 0 aromatic heterocycles. The lowest BCUT2D eigenvalue weighted by atomic mass is 10.1. The second kappa shape index (κ2) is 5.85. The maximum absolute atomic E-state index is 12.2. The Labute approximate surface area is 105 Å². The van der Waals surface area contributed by atoms with Gasteiger partial charge in [-0.2, -0.15) is 0 Å². The molecule has 0 aliphatic rings. The van der Waals surface area contributed by atoms with Gasteiger partial charge < -0.3 is 4.90 Å². The SMILES string of the molecule is C=CCN(CC)C(=O)c1cccc(Br)c1C. The van der Waals surface area contributed by atoms with Crippen molar-refractivity contribution in [2.75, 3.05) is 13.1 Å². The predicted octanol–water partition coefficient (Wildman–Crippen LogP) is 3.41. The minimum Gasteiger partial charge on any atom is -0.335 e. The van der Waals surface area contributed by atoms with E-state index in [-0.39, 0.29) is 5.91 Å². The molecule has 0 aliphatic carbocycles. The number of likely N-dealkylation sites (N-methyl/N-ethyl adjacent to an activating group) is 1. The Morgan fingerprint density at radius 3 is 2.81 bits per heavy atom. The first kappa shape index (κ1) is 13.0. The zero-order valence-electron chi connectivity index (χ0n) is 9.66. The first-order valence-electron chi connectivity index (χ1n) is 5.27. The van der Waals surface area contributed by atoms with Gasteiger partial charge in [0.25, 0.3) is 5.91 Å². The second-order valence-electron chi connectivity index (χ2n) is 3.54. The lowest BCUT2D eigenvalue weighted by molar-refractivity contribution is 0.0781. The smallest absolute Gasteiger partial charge is 0.254 e. The molecule has 1 aromatic rings. The molecule has 0 N–H and O–H groups in total. The summed E-state index contributed by atoms with van der Waals surface area (Å²) in [6, 6.07) is 5.68. The van der Waals surface area contributed by atoms with Crippen LogP contribution in [0.15, 0.2) is 35.3 Å². The van der Waals surface area contributed by atoms with Gasteiger partial charge in [0.1, 0.15) is 0 Å². The quantitative estimate of drug-likeness (QED) is 0.775. The van der Waals surface area contributed by atoms with E-state index >= 15 is 0 Å². The van der Waals surface area contributed by atoms with Gasteiger partial charge in [0, 0.05) is 23.1 Å². The van der Waals surface area contributed by atoms with E-state index < -0.39 is 0 Å². The highest BCUT2D eigenvalue weighted by Gasteiger charge is 2.15. The highest BCUT2D eigenvalue weighted by Crippen LogP contribution is 2.20. The predicted molar refractivity (Wildman–Crippen MR) is 70.7 cm³/mol. The summed E-state index contributed by atoms with van der Waals surface area (Å²) in [6.45, 7) is 8.85. The Balaban J connectivity index is 3.03. The van der Waals surface area contributed by atoms with Gasteiger partial charge in [0.2, 0.25) is 0 Å². The van der Waals surface area contributed by atoms with E-state index in [0.717, 1.165) is 15.6 Å². The molecule has 0 bridgehead atoms. The molecule has 1 rings (SSSR count). The average Bonchev–Trinajstić information content (AvgIpc) is 2.29. The Morgan fingerprint density at radius 1 is 1.56 bits per heavy atom. The van der Waals surface area contributed by atoms with Crippen LogP contribution in [-0.4, -0.2) is 23.9 Å². The summed E-state index contributed by atoms with van der Waals surface area (Å²) in [7, 11) is 0. The molecule has 3 heteroatoms. The summed E-state index contributed by atoms with van der Waals surface area (Å²) < 4.78 is 0.966. The molecule has 2 nitrogen and oxygen atoms in total. The van der Waals surface area contributed by atoms with E-state index in [0.29, 0.717) is 13.1 Å². The van der Waals surface area contributed by atoms with Crippen LogP contribution in [0, 0.1) is 6.92 Å². The number of amides is 1. The van der Waals surface area contributed by atoms with E-state index in [1.807, 2.05) is 32.0 Å². The Bertz CT molecular complexity index is 401. The maximum Gasteiger partial charge on any atom is 0.254 e. The molecule has 0 radical (unpaired) electrons. The van der Waals surface area contributed by atoms with Crippen LogP contribution in [0.25, 0.3) is 0 Å².